The summed E-state index contributed by atoms with van der Waals surface area (Å²) in [4.78, 5) is 0. The highest BCUT2D eigenvalue weighted by Crippen LogP contribution is 2.38. The number of nitriles is 1. The number of halogens is 1. The molecule has 1 fully saturated rings. The Balaban J connectivity index is 2.03. The lowest BCUT2D eigenvalue weighted by Gasteiger charge is -2.07. The smallest absolute Gasteiger partial charge is 0.101 e. The van der Waals surface area contributed by atoms with Gasteiger partial charge in [-0.05, 0) is 37.0 Å². The number of rotatable bonds is 4. The van der Waals surface area contributed by atoms with E-state index in [9.17, 15) is 0 Å². The third kappa shape index (κ3) is 2.56. The minimum Gasteiger partial charge on any atom is -0.381 e. The maximum atomic E-state index is 9.03. The number of benzene rings is 1. The van der Waals surface area contributed by atoms with Gasteiger partial charge in [0, 0.05) is 10.5 Å². The molecule has 0 aliphatic heterocycles. The summed E-state index contributed by atoms with van der Waals surface area (Å²) in [5, 5.41) is 12.5. The van der Waals surface area contributed by atoms with Gasteiger partial charge in [0.25, 0.3) is 0 Å². The van der Waals surface area contributed by atoms with Crippen molar-refractivity contribution in [2.75, 3.05) is 5.32 Å². The fourth-order valence-electron chi connectivity index (χ4n) is 2.05. The summed E-state index contributed by atoms with van der Waals surface area (Å²) in [6.45, 7) is 2.22. The van der Waals surface area contributed by atoms with Crippen molar-refractivity contribution < 1.29 is 0 Å². The molecule has 1 aliphatic rings. The van der Waals surface area contributed by atoms with Crippen LogP contribution in [0.25, 0.3) is 0 Å². The minimum absolute atomic E-state index is 0.577. The first-order valence-electron chi connectivity index (χ1n) is 5.70. The van der Waals surface area contributed by atoms with E-state index >= 15 is 0 Å². The summed E-state index contributed by atoms with van der Waals surface area (Å²) in [7, 11) is 0. The molecule has 0 aromatic heterocycles. The second-order valence-corrected chi connectivity index (χ2v) is 5.25. The first-order chi connectivity index (χ1) is 7.74. The van der Waals surface area contributed by atoms with Crippen LogP contribution in [0.1, 0.15) is 31.7 Å². The second kappa shape index (κ2) is 4.88. The van der Waals surface area contributed by atoms with Gasteiger partial charge in [0.05, 0.1) is 11.3 Å². The molecule has 1 N–H and O–H groups in total. The molecule has 0 heterocycles. The van der Waals surface area contributed by atoms with E-state index in [1.807, 2.05) is 18.2 Å². The molecule has 2 rings (SSSR count). The van der Waals surface area contributed by atoms with Crippen molar-refractivity contribution in [3.05, 3.63) is 28.2 Å². The maximum absolute atomic E-state index is 9.03. The average molecular weight is 279 g/mol. The molecule has 3 heteroatoms. The van der Waals surface area contributed by atoms with Gasteiger partial charge < -0.3 is 5.32 Å². The standard InChI is InChI=1S/C13H15BrN2/c1-2-3-9-7-13(9)16-12-5-4-11(14)6-10(12)8-15/h4-6,9,13,16H,2-3,7H2,1H3. The number of hydrogen-bond donors (Lipinski definition) is 1. The summed E-state index contributed by atoms with van der Waals surface area (Å²) >= 11 is 3.38. The number of nitrogens with one attached hydrogen (secondary N) is 1. The molecule has 1 saturated carbocycles. The molecular formula is C13H15BrN2. The molecule has 1 aromatic rings. The molecule has 0 radical (unpaired) electrons. The van der Waals surface area contributed by atoms with Crippen LogP contribution < -0.4 is 5.32 Å². The van der Waals surface area contributed by atoms with Crippen molar-refractivity contribution in [3.63, 3.8) is 0 Å². The van der Waals surface area contributed by atoms with Crippen molar-refractivity contribution in [2.24, 2.45) is 5.92 Å². The quantitative estimate of drug-likeness (QED) is 0.906. The summed E-state index contributed by atoms with van der Waals surface area (Å²) < 4.78 is 0.954. The largest absolute Gasteiger partial charge is 0.381 e. The molecule has 2 unspecified atom stereocenters. The average Bonchev–Trinajstić information content (AvgIpc) is 3.00. The van der Waals surface area contributed by atoms with Crippen molar-refractivity contribution in [2.45, 2.75) is 32.2 Å². The van der Waals surface area contributed by atoms with Crippen LogP contribution in [0.3, 0.4) is 0 Å². The van der Waals surface area contributed by atoms with E-state index < -0.39 is 0 Å². The summed E-state index contributed by atoms with van der Waals surface area (Å²) in [5.41, 5.74) is 1.69. The van der Waals surface area contributed by atoms with Crippen molar-refractivity contribution in [1.29, 1.82) is 5.26 Å². The third-order valence-electron chi connectivity index (χ3n) is 3.03. The molecule has 0 saturated heterocycles. The zero-order valence-electron chi connectivity index (χ0n) is 9.33. The summed E-state index contributed by atoms with van der Waals surface area (Å²) in [6, 6.07) is 8.61. The Morgan fingerprint density at radius 3 is 3.06 bits per heavy atom. The highest BCUT2D eigenvalue weighted by Gasteiger charge is 2.36. The molecule has 1 aromatic carbocycles. The molecule has 0 spiro atoms. The van der Waals surface area contributed by atoms with Crippen LogP contribution in [0.2, 0.25) is 0 Å². The number of anilines is 1. The Labute approximate surface area is 105 Å². The minimum atomic E-state index is 0.577. The van der Waals surface area contributed by atoms with Crippen LogP contribution in [0, 0.1) is 17.2 Å². The molecule has 1 aliphatic carbocycles. The predicted octanol–water partition coefficient (Wildman–Crippen LogP) is 3.92. The third-order valence-corrected chi connectivity index (χ3v) is 3.52. The van der Waals surface area contributed by atoms with E-state index in [1.165, 1.54) is 19.3 Å². The van der Waals surface area contributed by atoms with E-state index in [0.29, 0.717) is 6.04 Å². The van der Waals surface area contributed by atoms with Gasteiger partial charge in [-0.3, -0.25) is 0 Å². The van der Waals surface area contributed by atoms with Crippen molar-refractivity contribution >= 4 is 21.6 Å². The number of nitrogens with zero attached hydrogens (tertiary/aromatic N) is 1. The first-order valence-corrected chi connectivity index (χ1v) is 6.50. The van der Waals surface area contributed by atoms with Crippen LogP contribution in [-0.2, 0) is 0 Å². The van der Waals surface area contributed by atoms with Gasteiger partial charge in [-0.2, -0.15) is 5.26 Å². The maximum Gasteiger partial charge on any atom is 0.101 e. The zero-order valence-corrected chi connectivity index (χ0v) is 10.9. The Kier molecular flexibility index (Phi) is 3.50. The summed E-state index contributed by atoms with van der Waals surface area (Å²) in [5.74, 6) is 0.806. The SMILES string of the molecule is CCCC1CC1Nc1ccc(Br)cc1C#N. The topological polar surface area (TPSA) is 35.8 Å². The molecule has 16 heavy (non-hydrogen) atoms. The lowest BCUT2D eigenvalue weighted by molar-refractivity contribution is 0.693. The fraction of sp³-hybridized carbons (Fsp3) is 0.462. The Hall–Kier alpha value is -1.01. The van der Waals surface area contributed by atoms with Crippen molar-refractivity contribution in [1.82, 2.24) is 0 Å². The van der Waals surface area contributed by atoms with Crippen LogP contribution >= 0.6 is 15.9 Å². The second-order valence-electron chi connectivity index (χ2n) is 4.34. The van der Waals surface area contributed by atoms with E-state index in [1.54, 1.807) is 0 Å². The Morgan fingerprint density at radius 2 is 2.38 bits per heavy atom. The predicted molar refractivity (Wildman–Crippen MR) is 69.3 cm³/mol. The molecular weight excluding hydrogens is 264 g/mol. The monoisotopic (exact) mass is 278 g/mol. The normalized spacial score (nSPS) is 22.6. The highest BCUT2D eigenvalue weighted by atomic mass is 79.9. The molecule has 0 amide bonds. The van der Waals surface area contributed by atoms with Crippen LogP contribution in [0.15, 0.2) is 22.7 Å². The zero-order chi connectivity index (χ0) is 11.5. The lowest BCUT2D eigenvalue weighted by atomic mass is 10.2. The Bertz CT molecular complexity index is 422. The van der Waals surface area contributed by atoms with E-state index in [2.05, 4.69) is 34.2 Å². The van der Waals surface area contributed by atoms with E-state index in [0.717, 1.165) is 21.6 Å². The Morgan fingerprint density at radius 1 is 1.56 bits per heavy atom. The summed E-state index contributed by atoms with van der Waals surface area (Å²) in [6.07, 6.45) is 3.78. The van der Waals surface area contributed by atoms with Crippen molar-refractivity contribution in [3.8, 4) is 6.07 Å². The van der Waals surface area contributed by atoms with Gasteiger partial charge in [-0.25, -0.2) is 0 Å². The van der Waals surface area contributed by atoms with Gasteiger partial charge in [0.2, 0.25) is 0 Å². The molecule has 0 bridgehead atoms. The molecule has 2 atom stereocenters. The van der Waals surface area contributed by atoms with Crippen LogP contribution in [-0.4, -0.2) is 6.04 Å². The van der Waals surface area contributed by atoms with Crippen LogP contribution in [0.5, 0.6) is 0 Å². The molecule has 2 nitrogen and oxygen atoms in total. The fourth-order valence-corrected chi connectivity index (χ4v) is 2.41. The van der Waals surface area contributed by atoms with E-state index in [-0.39, 0.29) is 0 Å². The van der Waals surface area contributed by atoms with Gasteiger partial charge in [0.15, 0.2) is 0 Å². The first kappa shape index (κ1) is 11.5. The van der Waals surface area contributed by atoms with Gasteiger partial charge in [-0.15, -0.1) is 0 Å². The van der Waals surface area contributed by atoms with Gasteiger partial charge in [-0.1, -0.05) is 29.3 Å². The molecule has 84 valence electrons. The van der Waals surface area contributed by atoms with Crippen LogP contribution in [0.4, 0.5) is 5.69 Å². The highest BCUT2D eigenvalue weighted by molar-refractivity contribution is 9.10. The number of hydrogen-bond acceptors (Lipinski definition) is 2. The van der Waals surface area contributed by atoms with Gasteiger partial charge in [0.1, 0.15) is 6.07 Å². The van der Waals surface area contributed by atoms with E-state index in [4.69, 9.17) is 5.26 Å². The lowest BCUT2D eigenvalue weighted by Crippen LogP contribution is -2.06. The van der Waals surface area contributed by atoms with Gasteiger partial charge >= 0.3 is 0 Å².